The molecule has 1 aliphatic heterocycles. The highest BCUT2D eigenvalue weighted by atomic mass is 35.5. The molecule has 0 saturated carbocycles. The molecule has 140 valence electrons. The number of halogens is 1. The molecule has 0 aromatic heterocycles. The fourth-order valence-corrected chi connectivity index (χ4v) is 3.06. The van der Waals surface area contributed by atoms with Crippen LogP contribution in [-0.4, -0.2) is 35.8 Å². The molecule has 1 aromatic rings. The monoisotopic (exact) mass is 377 g/mol. The van der Waals surface area contributed by atoms with Gasteiger partial charge in [0.05, 0.1) is 13.0 Å². The van der Waals surface area contributed by atoms with E-state index in [1.54, 1.807) is 19.1 Å². The van der Waals surface area contributed by atoms with E-state index in [4.69, 9.17) is 16.3 Å². The number of amides is 2. The van der Waals surface area contributed by atoms with Crippen molar-refractivity contribution in [2.24, 2.45) is 0 Å². The molecule has 26 heavy (non-hydrogen) atoms. The Hall–Kier alpha value is -2.14. The number of esters is 1. The highest BCUT2D eigenvalue weighted by Crippen LogP contribution is 2.25. The van der Waals surface area contributed by atoms with E-state index >= 15 is 0 Å². The van der Waals surface area contributed by atoms with Crippen LogP contribution in [0, 0.1) is 0 Å². The molecule has 1 saturated heterocycles. The first-order valence-corrected chi connectivity index (χ1v) is 9.36. The van der Waals surface area contributed by atoms with Gasteiger partial charge in [0.2, 0.25) is 5.91 Å². The van der Waals surface area contributed by atoms with E-state index in [2.05, 4.69) is 0 Å². The van der Waals surface area contributed by atoms with Gasteiger partial charge in [0.15, 0.2) is 0 Å². The van der Waals surface area contributed by atoms with Crippen LogP contribution in [0.25, 0.3) is 6.08 Å². The lowest BCUT2D eigenvalue weighted by Gasteiger charge is -2.13. The molecule has 0 radical (unpaired) electrons. The zero-order valence-corrected chi connectivity index (χ0v) is 15.8. The number of ether oxygens (including phenoxy) is 1. The lowest BCUT2D eigenvalue weighted by Crippen LogP contribution is -2.30. The number of hydrogen-bond donors (Lipinski definition) is 0. The number of carbonyl (C=O) groups is 3. The molecule has 1 aromatic carbocycles. The van der Waals surface area contributed by atoms with E-state index in [0.29, 0.717) is 30.2 Å². The minimum atomic E-state index is -0.235. The van der Waals surface area contributed by atoms with Gasteiger partial charge in [-0.1, -0.05) is 42.6 Å². The number of benzene rings is 1. The number of likely N-dealkylation sites (tertiary alicyclic amines) is 1. The molecule has 1 heterocycles. The predicted molar refractivity (Wildman–Crippen MR) is 100 cm³/mol. The van der Waals surface area contributed by atoms with Crippen LogP contribution in [0.3, 0.4) is 0 Å². The summed E-state index contributed by atoms with van der Waals surface area (Å²) in [4.78, 5) is 37.1. The van der Waals surface area contributed by atoms with Crippen molar-refractivity contribution >= 4 is 35.5 Å². The lowest BCUT2D eigenvalue weighted by molar-refractivity contribution is -0.143. The molecular weight excluding hydrogens is 354 g/mol. The summed E-state index contributed by atoms with van der Waals surface area (Å²) in [5.74, 6) is -0.576. The van der Waals surface area contributed by atoms with Crippen LogP contribution in [0.1, 0.15) is 51.0 Å². The average Bonchev–Trinajstić information content (AvgIpc) is 2.87. The Bertz CT molecular complexity index is 699. The molecule has 0 unspecified atom stereocenters. The molecule has 0 bridgehead atoms. The summed E-state index contributed by atoms with van der Waals surface area (Å²) < 4.78 is 4.87. The number of unbranched alkanes of at least 4 members (excludes halogenated alkanes) is 3. The summed E-state index contributed by atoms with van der Waals surface area (Å²) in [6.07, 6.45) is 5.46. The van der Waals surface area contributed by atoms with Crippen LogP contribution < -0.4 is 0 Å². The zero-order chi connectivity index (χ0) is 18.9. The van der Waals surface area contributed by atoms with E-state index in [-0.39, 0.29) is 24.2 Å². The Morgan fingerprint density at radius 3 is 2.65 bits per heavy atom. The van der Waals surface area contributed by atoms with E-state index < -0.39 is 0 Å². The third kappa shape index (κ3) is 5.70. The first-order valence-electron chi connectivity index (χ1n) is 8.98. The maximum atomic E-state index is 12.4. The second kappa shape index (κ2) is 10.1. The SMILES string of the molecule is CCOC(=O)CCCCCCN1C(=O)C/C(=C\c2ccccc2Cl)C1=O. The van der Waals surface area contributed by atoms with Gasteiger partial charge in [-0.25, -0.2) is 0 Å². The Morgan fingerprint density at radius 1 is 1.19 bits per heavy atom. The van der Waals surface area contributed by atoms with Gasteiger partial charge in [0, 0.05) is 23.6 Å². The summed E-state index contributed by atoms with van der Waals surface area (Å²) >= 11 is 6.11. The fourth-order valence-electron chi connectivity index (χ4n) is 2.87. The lowest BCUT2D eigenvalue weighted by atomic mass is 10.1. The van der Waals surface area contributed by atoms with E-state index in [1.165, 1.54) is 4.90 Å². The quantitative estimate of drug-likeness (QED) is 0.282. The van der Waals surface area contributed by atoms with Crippen molar-refractivity contribution in [2.75, 3.05) is 13.2 Å². The van der Waals surface area contributed by atoms with Crippen molar-refractivity contribution in [3.8, 4) is 0 Å². The molecule has 0 N–H and O–H groups in total. The largest absolute Gasteiger partial charge is 0.466 e. The van der Waals surface area contributed by atoms with Crippen LogP contribution in [-0.2, 0) is 19.1 Å². The minimum absolute atomic E-state index is 0.118. The predicted octanol–water partition coefficient (Wildman–Crippen LogP) is 4.00. The van der Waals surface area contributed by atoms with Crippen LogP contribution in [0.4, 0.5) is 0 Å². The van der Waals surface area contributed by atoms with E-state index in [9.17, 15) is 14.4 Å². The molecule has 1 fully saturated rings. The van der Waals surface area contributed by atoms with Crippen LogP contribution in [0.2, 0.25) is 5.02 Å². The maximum Gasteiger partial charge on any atom is 0.305 e. The minimum Gasteiger partial charge on any atom is -0.466 e. The van der Waals surface area contributed by atoms with Gasteiger partial charge < -0.3 is 4.74 Å². The van der Waals surface area contributed by atoms with Crippen LogP contribution >= 0.6 is 11.6 Å². The second-order valence-corrected chi connectivity index (χ2v) is 6.59. The van der Waals surface area contributed by atoms with Gasteiger partial charge in [-0.3, -0.25) is 19.3 Å². The van der Waals surface area contributed by atoms with E-state index in [0.717, 1.165) is 31.2 Å². The molecule has 5 nitrogen and oxygen atoms in total. The summed E-state index contributed by atoms with van der Waals surface area (Å²) in [5.41, 5.74) is 1.22. The van der Waals surface area contributed by atoms with Crippen molar-refractivity contribution in [3.63, 3.8) is 0 Å². The topological polar surface area (TPSA) is 63.7 Å². The Morgan fingerprint density at radius 2 is 1.92 bits per heavy atom. The van der Waals surface area contributed by atoms with Gasteiger partial charge in [-0.05, 0) is 37.5 Å². The van der Waals surface area contributed by atoms with Gasteiger partial charge in [0.1, 0.15) is 0 Å². The summed E-state index contributed by atoms with van der Waals surface area (Å²) in [6.45, 7) is 2.61. The molecule has 0 atom stereocenters. The number of hydrogen-bond acceptors (Lipinski definition) is 4. The third-order valence-electron chi connectivity index (χ3n) is 4.22. The average molecular weight is 378 g/mol. The Balaban J connectivity index is 1.79. The molecule has 1 aliphatic rings. The number of imide groups is 1. The van der Waals surface area contributed by atoms with Crippen molar-refractivity contribution in [1.29, 1.82) is 0 Å². The molecule has 2 amide bonds. The van der Waals surface area contributed by atoms with Gasteiger partial charge in [-0.15, -0.1) is 0 Å². The van der Waals surface area contributed by atoms with E-state index in [1.807, 2.05) is 18.2 Å². The van der Waals surface area contributed by atoms with Gasteiger partial charge in [0.25, 0.3) is 5.91 Å². The smallest absolute Gasteiger partial charge is 0.305 e. The second-order valence-electron chi connectivity index (χ2n) is 6.19. The highest BCUT2D eigenvalue weighted by Gasteiger charge is 2.33. The Kier molecular flexibility index (Phi) is 7.85. The van der Waals surface area contributed by atoms with Crippen LogP contribution in [0.5, 0.6) is 0 Å². The Labute approximate surface area is 159 Å². The van der Waals surface area contributed by atoms with Crippen molar-refractivity contribution in [2.45, 2.75) is 45.4 Å². The first-order chi connectivity index (χ1) is 12.5. The first kappa shape index (κ1) is 20.2. The maximum absolute atomic E-state index is 12.4. The van der Waals surface area contributed by atoms with Crippen molar-refractivity contribution < 1.29 is 19.1 Å². The standard InChI is InChI=1S/C20H24ClNO4/c1-2-26-19(24)11-5-3-4-8-12-22-18(23)14-16(20(22)25)13-15-9-6-7-10-17(15)21/h6-7,9-10,13H,2-5,8,11-12,14H2,1H3/b16-13+. The van der Waals surface area contributed by atoms with Crippen molar-refractivity contribution in [3.05, 3.63) is 40.4 Å². The van der Waals surface area contributed by atoms with Crippen molar-refractivity contribution in [1.82, 2.24) is 4.90 Å². The highest BCUT2D eigenvalue weighted by molar-refractivity contribution is 6.32. The fraction of sp³-hybridized carbons (Fsp3) is 0.450. The summed E-state index contributed by atoms with van der Waals surface area (Å²) in [7, 11) is 0. The van der Waals surface area contributed by atoms with Gasteiger partial charge >= 0.3 is 5.97 Å². The molecule has 0 spiro atoms. The molecular formula is C20H24ClNO4. The molecule has 0 aliphatic carbocycles. The third-order valence-corrected chi connectivity index (χ3v) is 4.56. The molecule has 2 rings (SSSR count). The summed E-state index contributed by atoms with van der Waals surface area (Å²) in [5, 5.41) is 0.556. The normalized spacial score (nSPS) is 15.8. The summed E-state index contributed by atoms with van der Waals surface area (Å²) in [6, 6.07) is 7.23. The zero-order valence-electron chi connectivity index (χ0n) is 15.0. The van der Waals surface area contributed by atoms with Gasteiger partial charge in [-0.2, -0.15) is 0 Å². The number of carbonyl (C=O) groups excluding carboxylic acids is 3. The molecule has 6 heteroatoms. The number of nitrogens with zero attached hydrogens (tertiary/aromatic N) is 1. The van der Waals surface area contributed by atoms with Crippen LogP contribution in [0.15, 0.2) is 29.8 Å². The number of rotatable bonds is 9.